The van der Waals surface area contributed by atoms with E-state index in [-0.39, 0.29) is 15.3 Å². The van der Waals surface area contributed by atoms with Gasteiger partial charge in [-0.3, -0.25) is 0 Å². The summed E-state index contributed by atoms with van der Waals surface area (Å²) in [7, 11) is -5.53. The molecule has 0 saturated heterocycles. The lowest BCUT2D eigenvalue weighted by molar-refractivity contribution is 0.150. The Morgan fingerprint density at radius 3 is 2.54 bits per heavy atom. The van der Waals surface area contributed by atoms with Gasteiger partial charge in [0.15, 0.2) is 0 Å². The van der Waals surface area contributed by atoms with E-state index in [4.69, 9.17) is 11.6 Å². The first-order chi connectivity index (χ1) is 13.0. The zero-order valence-electron chi connectivity index (χ0n) is 14.7. The van der Waals surface area contributed by atoms with E-state index in [0.717, 1.165) is 17.6 Å². The summed E-state index contributed by atoms with van der Waals surface area (Å²) >= 11 is 5.73. The van der Waals surface area contributed by atoms with E-state index in [2.05, 4.69) is 24.9 Å². The molecule has 2 aromatic rings. The van der Waals surface area contributed by atoms with Crippen LogP contribution in [0.5, 0.6) is 0 Å². The molecular formula is C12H14ClN7O6S2. The van der Waals surface area contributed by atoms with Crippen LogP contribution < -0.4 is 0 Å². The average Bonchev–Trinajstić information content (AvgIpc) is 3.13. The van der Waals surface area contributed by atoms with Crippen LogP contribution in [-0.2, 0) is 25.0 Å². The van der Waals surface area contributed by atoms with E-state index in [1.165, 1.54) is 32.3 Å². The maximum absolute atomic E-state index is 12.6. The van der Waals surface area contributed by atoms with Crippen molar-refractivity contribution in [1.82, 2.24) is 27.9 Å². The number of hydrogen-bond donors (Lipinski definition) is 0. The summed E-state index contributed by atoms with van der Waals surface area (Å²) in [4.78, 5) is 19.2. The molecule has 0 N–H and O–H groups in total. The summed E-state index contributed by atoms with van der Waals surface area (Å²) in [6, 6.07) is 4.46. The van der Waals surface area contributed by atoms with Gasteiger partial charge >= 0.3 is 26.3 Å². The first-order valence-corrected chi connectivity index (χ1v) is 10.4. The van der Waals surface area contributed by atoms with Crippen molar-refractivity contribution in [2.45, 2.75) is 5.16 Å². The second kappa shape index (κ2) is 8.17. The van der Waals surface area contributed by atoms with Crippen LogP contribution in [0.25, 0.3) is 0 Å². The number of halogens is 1. The van der Waals surface area contributed by atoms with Crippen LogP contribution in [0, 0.1) is 0 Å². The monoisotopic (exact) mass is 451 g/mol. The maximum Gasteiger partial charge on any atom is 0.445 e. The number of hydrazone groups is 1. The summed E-state index contributed by atoms with van der Waals surface area (Å²) in [6.07, 6.45) is 0.221. The molecule has 0 aromatic carbocycles. The molecule has 2 rings (SSSR count). The van der Waals surface area contributed by atoms with Gasteiger partial charge in [0.05, 0.1) is 19.0 Å². The van der Waals surface area contributed by atoms with Crippen LogP contribution in [0.1, 0.15) is 5.69 Å². The van der Waals surface area contributed by atoms with E-state index in [9.17, 15) is 21.6 Å². The van der Waals surface area contributed by atoms with Gasteiger partial charge in [0.25, 0.3) is 5.16 Å². The molecule has 0 bridgehead atoms. The second-order valence-electron chi connectivity index (χ2n) is 5.04. The van der Waals surface area contributed by atoms with Crippen LogP contribution in [0.4, 0.5) is 4.79 Å². The Kier molecular flexibility index (Phi) is 6.33. The van der Waals surface area contributed by atoms with Crippen molar-refractivity contribution >= 4 is 44.1 Å². The molecule has 0 unspecified atom stereocenters. The molecule has 28 heavy (non-hydrogen) atoms. The van der Waals surface area contributed by atoms with E-state index < -0.39 is 31.5 Å². The molecule has 13 nitrogen and oxygen atoms in total. The molecular weight excluding hydrogens is 438 g/mol. The summed E-state index contributed by atoms with van der Waals surface area (Å²) in [5, 5.41) is 6.08. The van der Waals surface area contributed by atoms with Gasteiger partial charge in [-0.05, 0) is 12.1 Å². The second-order valence-corrected chi connectivity index (χ2v) is 9.09. The third-order valence-electron chi connectivity index (χ3n) is 2.97. The fraction of sp³-hybridized carbons (Fsp3) is 0.250. The van der Waals surface area contributed by atoms with Gasteiger partial charge in [0, 0.05) is 14.1 Å². The number of carbonyl (C=O) groups is 1. The third-order valence-corrected chi connectivity index (χ3v) is 6.10. The minimum absolute atomic E-state index is 0.0441. The van der Waals surface area contributed by atoms with E-state index in [1.807, 2.05) is 0 Å². The predicted molar refractivity (Wildman–Crippen MR) is 96.3 cm³/mol. The predicted octanol–water partition coefficient (Wildman–Crippen LogP) is -0.228. The summed E-state index contributed by atoms with van der Waals surface area (Å²) < 4.78 is 54.8. The molecule has 0 saturated carbocycles. The quantitative estimate of drug-likeness (QED) is 0.328. The number of carbonyl (C=O) groups excluding carboxylic acids is 1. The molecule has 2 aromatic heterocycles. The average molecular weight is 452 g/mol. The number of rotatable bonds is 6. The highest BCUT2D eigenvalue weighted by atomic mass is 35.5. The van der Waals surface area contributed by atoms with Gasteiger partial charge in [-0.1, -0.05) is 22.1 Å². The van der Waals surface area contributed by atoms with Gasteiger partial charge in [-0.2, -0.15) is 26.2 Å². The van der Waals surface area contributed by atoms with Gasteiger partial charge in [0.2, 0.25) is 0 Å². The number of methoxy groups -OCH3 is 1. The van der Waals surface area contributed by atoms with Gasteiger partial charge < -0.3 is 4.74 Å². The fourth-order valence-electron chi connectivity index (χ4n) is 1.60. The highest BCUT2D eigenvalue weighted by Gasteiger charge is 2.35. The minimum Gasteiger partial charge on any atom is -0.451 e. The van der Waals surface area contributed by atoms with Gasteiger partial charge in [-0.15, -0.1) is 9.19 Å². The normalized spacial score (nSPS) is 12.5. The Morgan fingerprint density at radius 2 is 1.96 bits per heavy atom. The van der Waals surface area contributed by atoms with Crippen LogP contribution in [0.2, 0.25) is 5.15 Å². The number of amides is 1. The Bertz CT molecular complexity index is 1110. The van der Waals surface area contributed by atoms with Crippen LogP contribution in [0.15, 0.2) is 34.8 Å². The highest BCUT2D eigenvalue weighted by Crippen LogP contribution is 2.14. The van der Waals surface area contributed by atoms with Crippen molar-refractivity contribution in [2.75, 3.05) is 21.2 Å². The molecule has 0 spiro atoms. The van der Waals surface area contributed by atoms with Gasteiger partial charge in [0.1, 0.15) is 11.5 Å². The van der Waals surface area contributed by atoms with Crippen LogP contribution in [-0.4, -0.2) is 78.2 Å². The molecule has 0 radical (unpaired) electrons. The molecule has 2 heterocycles. The molecule has 0 aliphatic carbocycles. The lowest BCUT2D eigenvalue weighted by atomic mass is 10.4. The molecule has 0 atom stereocenters. The largest absolute Gasteiger partial charge is 0.451 e. The zero-order chi connectivity index (χ0) is 21.1. The van der Waals surface area contributed by atoms with E-state index in [1.54, 1.807) is 0 Å². The standard InChI is InChI=1S/C12H14ClN7O6S2/c1-18(2)28(24,25)19-8-14-11(17-19)27(22,23)20(12(21)26-3)15-7-9-5-4-6-10(13)16-9/h4-8H,1-3H3/b15-7+. The van der Waals surface area contributed by atoms with E-state index >= 15 is 0 Å². The SMILES string of the molecule is COC(=O)N(/N=C/c1cccc(Cl)n1)S(=O)(=O)c1ncn(S(=O)(=O)N(C)C)n1. The first-order valence-electron chi connectivity index (χ1n) is 7.14. The molecule has 0 fully saturated rings. The Labute approximate surface area is 165 Å². The Hall–Kier alpha value is -2.62. The van der Waals surface area contributed by atoms with Crippen molar-refractivity contribution < 1.29 is 26.4 Å². The summed E-state index contributed by atoms with van der Waals surface area (Å²) in [5.41, 5.74) is 0.144. The molecule has 152 valence electrons. The molecule has 0 aliphatic rings. The first kappa shape index (κ1) is 21.7. The molecule has 16 heteroatoms. The maximum atomic E-state index is 12.6. The lowest BCUT2D eigenvalue weighted by Crippen LogP contribution is -2.34. The van der Waals surface area contributed by atoms with Crippen molar-refractivity contribution in [3.8, 4) is 0 Å². The van der Waals surface area contributed by atoms with Gasteiger partial charge in [-0.25, -0.2) is 14.8 Å². The summed E-state index contributed by atoms with van der Waals surface area (Å²) in [5.74, 6) is 0. The topological polar surface area (TPSA) is 157 Å². The smallest absolute Gasteiger partial charge is 0.445 e. The zero-order valence-corrected chi connectivity index (χ0v) is 17.1. The van der Waals surface area contributed by atoms with Crippen LogP contribution in [0.3, 0.4) is 0 Å². The highest BCUT2D eigenvalue weighted by molar-refractivity contribution is 7.89. The fourth-order valence-corrected chi connectivity index (χ4v) is 3.47. The summed E-state index contributed by atoms with van der Waals surface area (Å²) in [6.45, 7) is 0. The van der Waals surface area contributed by atoms with Crippen molar-refractivity contribution in [1.29, 1.82) is 0 Å². The number of ether oxygens (including phenoxy) is 1. The van der Waals surface area contributed by atoms with Crippen molar-refractivity contribution in [3.63, 3.8) is 0 Å². The number of sulfonamides is 1. The number of hydrogen-bond acceptors (Lipinski definition) is 10. The number of pyridine rings is 1. The Morgan fingerprint density at radius 1 is 1.29 bits per heavy atom. The van der Waals surface area contributed by atoms with Crippen molar-refractivity contribution in [2.24, 2.45) is 5.10 Å². The van der Waals surface area contributed by atoms with Crippen LogP contribution >= 0.6 is 11.6 Å². The third kappa shape index (κ3) is 4.44. The van der Waals surface area contributed by atoms with E-state index in [0.29, 0.717) is 10.4 Å². The molecule has 1 amide bonds. The Balaban J connectivity index is 2.46. The minimum atomic E-state index is -4.78. The molecule has 0 aliphatic heterocycles. The lowest BCUT2D eigenvalue weighted by Gasteiger charge is -2.13. The van der Waals surface area contributed by atoms with Crippen molar-refractivity contribution in [3.05, 3.63) is 35.4 Å². The number of nitrogens with zero attached hydrogens (tertiary/aromatic N) is 7. The number of aromatic nitrogens is 4.